The average Bonchev–Trinajstić information content (AvgIpc) is 2.59. The van der Waals surface area contributed by atoms with Gasteiger partial charge >= 0.3 is 6.36 Å². The number of aromatic nitrogens is 3. The van der Waals surface area contributed by atoms with Crippen LogP contribution in [-0.4, -0.2) is 21.0 Å². The molecule has 0 aromatic carbocycles. The molecule has 7 heteroatoms. The first kappa shape index (κ1) is 10.7. The van der Waals surface area contributed by atoms with E-state index in [9.17, 15) is 13.2 Å². The number of ether oxygens (including phenoxy) is 1. The highest BCUT2D eigenvalue weighted by Crippen LogP contribution is 2.25. The van der Waals surface area contributed by atoms with Crippen molar-refractivity contribution in [1.82, 2.24) is 14.6 Å². The third kappa shape index (κ3) is 2.07. The first-order valence-electron chi connectivity index (χ1n) is 4.58. The predicted molar refractivity (Wildman–Crippen MR) is 49.0 cm³/mol. The zero-order chi connectivity index (χ0) is 11.8. The number of alkyl halides is 3. The van der Waals surface area contributed by atoms with Crippen molar-refractivity contribution in [2.45, 2.75) is 19.7 Å². The summed E-state index contributed by atoms with van der Waals surface area (Å²) in [4.78, 5) is 3.99. The molecule has 2 rings (SSSR count). The van der Waals surface area contributed by atoms with Crippen LogP contribution in [0.3, 0.4) is 0 Å². The van der Waals surface area contributed by atoms with Crippen molar-refractivity contribution in [3.8, 4) is 5.75 Å². The molecule has 0 saturated carbocycles. The van der Waals surface area contributed by atoms with E-state index in [1.54, 1.807) is 6.20 Å². The number of rotatable bonds is 2. The van der Waals surface area contributed by atoms with E-state index in [-0.39, 0.29) is 11.4 Å². The lowest BCUT2D eigenvalue weighted by molar-refractivity contribution is -0.274. The molecule has 2 aromatic rings. The van der Waals surface area contributed by atoms with Gasteiger partial charge in [-0.3, -0.25) is 0 Å². The quantitative estimate of drug-likeness (QED) is 0.795. The Bertz CT molecular complexity index is 506. The molecule has 0 fully saturated rings. The number of nitrogens with zero attached hydrogens (tertiary/aromatic N) is 3. The Morgan fingerprint density at radius 2 is 2.19 bits per heavy atom. The molecule has 0 unspecified atom stereocenters. The van der Waals surface area contributed by atoms with E-state index in [2.05, 4.69) is 14.8 Å². The molecule has 0 amide bonds. The molecule has 0 aliphatic carbocycles. The van der Waals surface area contributed by atoms with E-state index >= 15 is 0 Å². The van der Waals surface area contributed by atoms with Gasteiger partial charge in [0.15, 0.2) is 11.4 Å². The lowest BCUT2D eigenvalue weighted by atomic mass is 10.4. The maximum Gasteiger partial charge on any atom is 0.573 e. The zero-order valence-corrected chi connectivity index (χ0v) is 8.32. The maximum absolute atomic E-state index is 12.1. The maximum atomic E-state index is 12.1. The number of imidazole rings is 1. The van der Waals surface area contributed by atoms with Crippen LogP contribution in [0, 0.1) is 0 Å². The van der Waals surface area contributed by atoms with Gasteiger partial charge in [-0.25, -0.2) is 9.50 Å². The molecule has 0 atom stereocenters. The van der Waals surface area contributed by atoms with Crippen molar-refractivity contribution < 1.29 is 17.9 Å². The monoisotopic (exact) mass is 231 g/mol. The van der Waals surface area contributed by atoms with Gasteiger partial charge in [0.05, 0.1) is 18.1 Å². The van der Waals surface area contributed by atoms with Gasteiger partial charge in [0.25, 0.3) is 0 Å². The van der Waals surface area contributed by atoms with E-state index in [0.29, 0.717) is 12.1 Å². The molecular weight excluding hydrogens is 223 g/mol. The second-order valence-corrected chi connectivity index (χ2v) is 3.10. The van der Waals surface area contributed by atoms with Crippen molar-refractivity contribution in [3.05, 3.63) is 24.2 Å². The molecule has 0 N–H and O–H groups in total. The Morgan fingerprint density at radius 3 is 2.81 bits per heavy atom. The fourth-order valence-electron chi connectivity index (χ4n) is 1.30. The number of hydrogen-bond donors (Lipinski definition) is 0. The Labute approximate surface area is 88.7 Å². The van der Waals surface area contributed by atoms with Gasteiger partial charge in [-0.05, 0) is 6.42 Å². The number of fused-ring (bicyclic) bond motifs is 1. The molecule has 0 radical (unpaired) electrons. The van der Waals surface area contributed by atoms with Gasteiger partial charge in [0, 0.05) is 6.07 Å². The van der Waals surface area contributed by atoms with Crippen molar-refractivity contribution in [3.63, 3.8) is 0 Å². The molecule has 0 spiro atoms. The number of aryl methyl sites for hydroxylation is 1. The second kappa shape index (κ2) is 3.66. The van der Waals surface area contributed by atoms with Crippen LogP contribution in [0.25, 0.3) is 5.65 Å². The first-order chi connectivity index (χ1) is 7.49. The largest absolute Gasteiger partial charge is 0.573 e. The van der Waals surface area contributed by atoms with E-state index in [0.717, 1.165) is 6.07 Å². The number of hydrogen-bond acceptors (Lipinski definition) is 3. The summed E-state index contributed by atoms with van der Waals surface area (Å²) in [6, 6.07) is 1.13. The van der Waals surface area contributed by atoms with Gasteiger partial charge in [0.1, 0.15) is 0 Å². The molecule has 2 aromatic heterocycles. The summed E-state index contributed by atoms with van der Waals surface area (Å²) >= 11 is 0. The van der Waals surface area contributed by atoms with Gasteiger partial charge < -0.3 is 4.74 Å². The van der Waals surface area contributed by atoms with Crippen molar-refractivity contribution in [2.75, 3.05) is 0 Å². The molecule has 0 bridgehead atoms. The smallest absolute Gasteiger partial charge is 0.402 e. The van der Waals surface area contributed by atoms with Crippen LogP contribution < -0.4 is 4.74 Å². The van der Waals surface area contributed by atoms with E-state index < -0.39 is 6.36 Å². The Kier molecular flexibility index (Phi) is 2.45. The topological polar surface area (TPSA) is 39.4 Å². The van der Waals surface area contributed by atoms with Gasteiger partial charge in [0.2, 0.25) is 0 Å². The van der Waals surface area contributed by atoms with Crippen molar-refractivity contribution in [2.24, 2.45) is 0 Å². The number of halogens is 3. The molecule has 0 aliphatic heterocycles. The molecule has 16 heavy (non-hydrogen) atoms. The lowest BCUT2D eigenvalue weighted by Gasteiger charge is -2.08. The first-order valence-corrected chi connectivity index (χ1v) is 4.58. The summed E-state index contributed by atoms with van der Waals surface area (Å²) in [5.74, 6) is -0.345. The molecule has 4 nitrogen and oxygen atoms in total. The van der Waals surface area contributed by atoms with E-state index in [1.807, 2.05) is 6.92 Å². The highest BCUT2D eigenvalue weighted by Gasteiger charge is 2.32. The van der Waals surface area contributed by atoms with Gasteiger partial charge in [-0.2, -0.15) is 5.10 Å². The average molecular weight is 231 g/mol. The fraction of sp³-hybridized carbons (Fsp3) is 0.333. The van der Waals surface area contributed by atoms with Crippen LogP contribution in [0.1, 0.15) is 12.6 Å². The summed E-state index contributed by atoms with van der Waals surface area (Å²) in [6.07, 6.45) is -1.30. The molecule has 86 valence electrons. The highest BCUT2D eigenvalue weighted by molar-refractivity contribution is 5.53. The minimum Gasteiger partial charge on any atom is -0.402 e. The summed E-state index contributed by atoms with van der Waals surface area (Å²) in [7, 11) is 0. The van der Waals surface area contributed by atoms with Crippen LogP contribution in [0.4, 0.5) is 13.2 Å². The van der Waals surface area contributed by atoms with Crippen LogP contribution in [-0.2, 0) is 6.42 Å². The Morgan fingerprint density at radius 1 is 1.44 bits per heavy atom. The van der Waals surface area contributed by atoms with Crippen LogP contribution in [0.5, 0.6) is 5.75 Å². The molecule has 0 aliphatic rings. The Balaban J connectivity index is 2.48. The van der Waals surface area contributed by atoms with Gasteiger partial charge in [-0.15, -0.1) is 13.2 Å². The molecule has 0 saturated heterocycles. The summed E-state index contributed by atoms with van der Waals surface area (Å²) in [6.45, 7) is 1.85. The summed E-state index contributed by atoms with van der Waals surface area (Å²) in [5.41, 5.74) is 0.724. The third-order valence-corrected chi connectivity index (χ3v) is 1.96. The van der Waals surface area contributed by atoms with Crippen LogP contribution in [0.15, 0.2) is 18.5 Å². The summed E-state index contributed by atoms with van der Waals surface area (Å²) in [5, 5.41) is 3.85. The van der Waals surface area contributed by atoms with Crippen molar-refractivity contribution >= 4 is 5.65 Å². The van der Waals surface area contributed by atoms with E-state index in [4.69, 9.17) is 0 Å². The van der Waals surface area contributed by atoms with Crippen LogP contribution >= 0.6 is 0 Å². The standard InChI is InChI=1S/C9H8F3N3O/c1-2-6-5-15-8(14-6)7(3-4-13-15)16-9(10,11)12/h3-5H,2H2,1H3. The van der Waals surface area contributed by atoms with Gasteiger partial charge in [-0.1, -0.05) is 6.92 Å². The minimum atomic E-state index is -4.72. The lowest BCUT2D eigenvalue weighted by Crippen LogP contribution is -2.17. The fourth-order valence-corrected chi connectivity index (χ4v) is 1.30. The third-order valence-electron chi connectivity index (χ3n) is 1.96. The summed E-state index contributed by atoms with van der Waals surface area (Å²) < 4.78 is 41.3. The van der Waals surface area contributed by atoms with Crippen LogP contribution in [0.2, 0.25) is 0 Å². The Hall–Kier alpha value is -1.79. The minimum absolute atomic E-state index is 0.0664. The van der Waals surface area contributed by atoms with E-state index in [1.165, 1.54) is 10.7 Å². The van der Waals surface area contributed by atoms with Crippen molar-refractivity contribution in [1.29, 1.82) is 0 Å². The normalized spacial score (nSPS) is 12.0. The SMILES string of the molecule is CCc1cn2nccc(OC(F)(F)F)c2n1. The second-order valence-electron chi connectivity index (χ2n) is 3.10. The molecule has 2 heterocycles. The predicted octanol–water partition coefficient (Wildman–Crippen LogP) is 2.19. The zero-order valence-electron chi connectivity index (χ0n) is 8.32. The molecular formula is C9H8F3N3O. The highest BCUT2D eigenvalue weighted by atomic mass is 19.4.